The van der Waals surface area contributed by atoms with Gasteiger partial charge in [-0.3, -0.25) is 0 Å². The molecule has 1 aliphatic rings. The van der Waals surface area contributed by atoms with Crippen molar-refractivity contribution in [3.63, 3.8) is 0 Å². The Morgan fingerprint density at radius 1 is 0.583 bits per heavy atom. The van der Waals surface area contributed by atoms with Gasteiger partial charge in [0.15, 0.2) is 0 Å². The molecule has 0 radical (unpaired) electrons. The molecule has 1 saturated carbocycles. The lowest BCUT2D eigenvalue weighted by Crippen LogP contribution is -2.66. The van der Waals surface area contributed by atoms with Gasteiger partial charge < -0.3 is 44.8 Å². The van der Waals surface area contributed by atoms with Gasteiger partial charge in [0.2, 0.25) is 0 Å². The standard InChI is InChI=1S/C12H18O12/c13-4(14)1-22-10-7(19)8(20)11(23-2-5(15)16)12(9(10)21)24-3-6(17)18/h7-12,19-21H,1-3H2,(H,13,14)(H,15,16)(H,17,18)/t7-,8+,9+,10-,11-,12-/m1/s1. The van der Waals surface area contributed by atoms with Crippen LogP contribution in [-0.2, 0) is 28.6 Å². The monoisotopic (exact) mass is 354 g/mol. The van der Waals surface area contributed by atoms with Crippen LogP contribution in [0.2, 0.25) is 0 Å². The molecule has 0 amide bonds. The summed E-state index contributed by atoms with van der Waals surface area (Å²) in [6, 6.07) is 0. The fourth-order valence-electron chi connectivity index (χ4n) is 2.25. The number of hydrogen-bond acceptors (Lipinski definition) is 9. The summed E-state index contributed by atoms with van der Waals surface area (Å²) in [7, 11) is 0. The molecular formula is C12H18O12. The molecule has 0 aromatic rings. The lowest BCUT2D eigenvalue weighted by molar-refractivity contribution is -0.256. The van der Waals surface area contributed by atoms with E-state index in [-0.39, 0.29) is 0 Å². The third-order valence-corrected chi connectivity index (χ3v) is 3.22. The zero-order valence-electron chi connectivity index (χ0n) is 12.2. The van der Waals surface area contributed by atoms with Crippen LogP contribution in [0.3, 0.4) is 0 Å². The summed E-state index contributed by atoms with van der Waals surface area (Å²) >= 11 is 0. The smallest absolute Gasteiger partial charge is 0.329 e. The molecule has 0 aliphatic heterocycles. The number of aliphatic hydroxyl groups excluding tert-OH is 3. The van der Waals surface area contributed by atoms with E-state index >= 15 is 0 Å². The minimum Gasteiger partial charge on any atom is -0.480 e. The van der Waals surface area contributed by atoms with Crippen LogP contribution < -0.4 is 0 Å². The van der Waals surface area contributed by atoms with E-state index in [1.165, 1.54) is 0 Å². The zero-order chi connectivity index (χ0) is 18.4. The first-order valence-corrected chi connectivity index (χ1v) is 6.69. The van der Waals surface area contributed by atoms with Crippen molar-refractivity contribution >= 4 is 17.9 Å². The van der Waals surface area contributed by atoms with Crippen molar-refractivity contribution in [3.05, 3.63) is 0 Å². The van der Waals surface area contributed by atoms with Crippen LogP contribution in [0.5, 0.6) is 0 Å². The maximum absolute atomic E-state index is 10.6. The second kappa shape index (κ2) is 8.86. The van der Waals surface area contributed by atoms with E-state index in [1.807, 2.05) is 0 Å². The summed E-state index contributed by atoms with van der Waals surface area (Å²) in [5.74, 6) is -4.23. The summed E-state index contributed by atoms with van der Waals surface area (Å²) in [4.78, 5) is 31.7. The van der Waals surface area contributed by atoms with Gasteiger partial charge in [0.1, 0.15) is 56.4 Å². The average molecular weight is 354 g/mol. The highest BCUT2D eigenvalue weighted by molar-refractivity contribution is 5.68. The van der Waals surface area contributed by atoms with Crippen molar-refractivity contribution in [1.82, 2.24) is 0 Å². The van der Waals surface area contributed by atoms with Crippen LogP contribution in [0.4, 0.5) is 0 Å². The molecule has 0 aromatic heterocycles. The number of carboxylic acid groups (broad SMARTS) is 3. The predicted octanol–water partition coefficient (Wildman–Crippen LogP) is -3.51. The normalized spacial score (nSPS) is 33.1. The van der Waals surface area contributed by atoms with E-state index in [4.69, 9.17) is 29.5 Å². The third kappa shape index (κ3) is 5.36. The summed E-state index contributed by atoms with van der Waals surface area (Å²) in [5.41, 5.74) is 0. The Morgan fingerprint density at radius 2 is 0.875 bits per heavy atom. The molecule has 0 saturated heterocycles. The van der Waals surface area contributed by atoms with Gasteiger partial charge in [-0.2, -0.15) is 0 Å². The van der Waals surface area contributed by atoms with E-state index in [1.54, 1.807) is 0 Å². The van der Waals surface area contributed by atoms with Crippen LogP contribution in [0.25, 0.3) is 0 Å². The van der Waals surface area contributed by atoms with Crippen LogP contribution in [-0.4, -0.2) is 105 Å². The number of rotatable bonds is 9. The largest absolute Gasteiger partial charge is 0.480 e. The van der Waals surface area contributed by atoms with Crippen molar-refractivity contribution in [2.24, 2.45) is 0 Å². The summed E-state index contributed by atoms with van der Waals surface area (Å²) in [5, 5.41) is 55.9. The molecule has 12 nitrogen and oxygen atoms in total. The topological polar surface area (TPSA) is 200 Å². The SMILES string of the molecule is O=C(O)CO[C@@H]1[C@H](O)[C@H](O)[C@@H](OCC(=O)O)[C@H](OCC(=O)O)[C@H]1O. The second-order valence-corrected chi connectivity index (χ2v) is 4.98. The Bertz CT molecular complexity index is 465. The van der Waals surface area contributed by atoms with Gasteiger partial charge in [-0.1, -0.05) is 0 Å². The van der Waals surface area contributed by atoms with Crippen LogP contribution in [0.15, 0.2) is 0 Å². The van der Waals surface area contributed by atoms with Crippen molar-refractivity contribution < 1.29 is 59.2 Å². The van der Waals surface area contributed by atoms with Crippen molar-refractivity contribution in [3.8, 4) is 0 Å². The first kappa shape index (κ1) is 20.2. The second-order valence-electron chi connectivity index (χ2n) is 4.98. The highest BCUT2D eigenvalue weighted by Crippen LogP contribution is 2.28. The number of aliphatic hydroxyl groups is 3. The van der Waals surface area contributed by atoms with Gasteiger partial charge in [-0.05, 0) is 0 Å². The lowest BCUT2D eigenvalue weighted by atomic mass is 9.84. The van der Waals surface area contributed by atoms with E-state index in [0.29, 0.717) is 0 Å². The van der Waals surface area contributed by atoms with Gasteiger partial charge in [0, 0.05) is 0 Å². The molecule has 0 bridgehead atoms. The molecular weight excluding hydrogens is 336 g/mol. The van der Waals surface area contributed by atoms with E-state index in [9.17, 15) is 29.7 Å². The zero-order valence-corrected chi connectivity index (χ0v) is 12.2. The fraction of sp³-hybridized carbons (Fsp3) is 0.750. The van der Waals surface area contributed by atoms with Crippen LogP contribution >= 0.6 is 0 Å². The average Bonchev–Trinajstić information content (AvgIpc) is 2.47. The summed E-state index contributed by atoms with van der Waals surface area (Å²) < 4.78 is 14.5. The predicted molar refractivity (Wildman–Crippen MR) is 70.1 cm³/mol. The number of carbonyl (C=O) groups is 3. The van der Waals surface area contributed by atoms with Crippen molar-refractivity contribution in [1.29, 1.82) is 0 Å². The van der Waals surface area contributed by atoms with E-state index in [2.05, 4.69) is 0 Å². The van der Waals surface area contributed by atoms with Gasteiger partial charge in [0.25, 0.3) is 0 Å². The van der Waals surface area contributed by atoms with Crippen molar-refractivity contribution in [2.45, 2.75) is 36.6 Å². The molecule has 1 fully saturated rings. The van der Waals surface area contributed by atoms with Gasteiger partial charge in [-0.15, -0.1) is 0 Å². The van der Waals surface area contributed by atoms with Gasteiger partial charge >= 0.3 is 17.9 Å². The fourth-order valence-corrected chi connectivity index (χ4v) is 2.25. The molecule has 0 spiro atoms. The molecule has 138 valence electrons. The van der Waals surface area contributed by atoms with E-state index < -0.39 is 74.4 Å². The third-order valence-electron chi connectivity index (χ3n) is 3.22. The Morgan fingerprint density at radius 3 is 1.25 bits per heavy atom. The number of carboxylic acids is 3. The van der Waals surface area contributed by atoms with Crippen LogP contribution in [0.1, 0.15) is 0 Å². The molecule has 0 unspecified atom stereocenters. The van der Waals surface area contributed by atoms with Crippen molar-refractivity contribution in [2.75, 3.05) is 19.8 Å². The van der Waals surface area contributed by atoms with Gasteiger partial charge in [0.05, 0.1) is 0 Å². The highest BCUT2D eigenvalue weighted by Gasteiger charge is 2.52. The van der Waals surface area contributed by atoms with Gasteiger partial charge in [-0.25, -0.2) is 14.4 Å². The first-order chi connectivity index (χ1) is 11.1. The Kier molecular flexibility index (Phi) is 7.47. The minimum absolute atomic E-state index is 0.905. The lowest BCUT2D eigenvalue weighted by Gasteiger charge is -2.44. The number of aliphatic carboxylic acids is 3. The highest BCUT2D eigenvalue weighted by atomic mass is 16.6. The molecule has 1 aliphatic carbocycles. The number of ether oxygens (including phenoxy) is 3. The summed E-state index contributed by atoms with van der Waals surface area (Å²) in [6.07, 6.45) is -10.2. The molecule has 6 N–H and O–H groups in total. The summed E-state index contributed by atoms with van der Waals surface area (Å²) in [6.45, 7) is -2.73. The first-order valence-electron chi connectivity index (χ1n) is 6.69. The minimum atomic E-state index is -1.82. The molecule has 0 aromatic carbocycles. The van der Waals surface area contributed by atoms with Crippen LogP contribution in [0, 0.1) is 0 Å². The Balaban J connectivity index is 2.94. The quantitative estimate of drug-likeness (QED) is 0.239. The number of hydrogen-bond donors (Lipinski definition) is 6. The maximum Gasteiger partial charge on any atom is 0.329 e. The Labute approximate surface area is 134 Å². The van der Waals surface area contributed by atoms with E-state index in [0.717, 1.165) is 0 Å². The molecule has 0 heterocycles. The molecule has 1 rings (SSSR count). The maximum atomic E-state index is 10.6. The Hall–Kier alpha value is -1.83. The molecule has 24 heavy (non-hydrogen) atoms. The molecule has 6 atom stereocenters. The molecule has 12 heteroatoms.